The highest BCUT2D eigenvalue weighted by Gasteiger charge is 2.41. The molecule has 152 valence electrons. The van der Waals surface area contributed by atoms with Crippen LogP contribution in [0.15, 0.2) is 24.3 Å². The topological polar surface area (TPSA) is 67.9 Å². The van der Waals surface area contributed by atoms with Crippen LogP contribution in [-0.2, 0) is 9.53 Å². The molecule has 2 amide bonds. The lowest BCUT2D eigenvalue weighted by Crippen LogP contribution is -2.51. The Morgan fingerprint density at radius 3 is 2.79 bits per heavy atom. The van der Waals surface area contributed by atoms with Crippen molar-refractivity contribution in [1.82, 2.24) is 10.2 Å². The maximum atomic E-state index is 12.6. The first-order chi connectivity index (χ1) is 13.6. The van der Waals surface area contributed by atoms with Crippen LogP contribution in [0, 0.1) is 0 Å². The standard InChI is InChI=1S/C22H30N2O4/c1-24(20(25)9-8-17-5-4-14-27-17)16-10-12-22(13-11-16)15-23-21(26)18-6-2-3-7-19(18)28-22/h2-3,6-7,16-17H,4-5,8-15H2,1H3,(H,23,26)/t16?,17-,22?/m0/s1. The molecule has 1 N–H and O–H groups in total. The third-order valence-electron chi connectivity index (χ3n) is 6.54. The van der Waals surface area contributed by atoms with Crippen molar-refractivity contribution < 1.29 is 19.1 Å². The van der Waals surface area contributed by atoms with Crippen LogP contribution in [0.4, 0.5) is 0 Å². The summed E-state index contributed by atoms with van der Waals surface area (Å²) in [5, 5.41) is 3.02. The third-order valence-corrected chi connectivity index (χ3v) is 6.54. The van der Waals surface area contributed by atoms with E-state index in [-0.39, 0.29) is 29.6 Å². The SMILES string of the molecule is CN(C(=O)CC[C@@H]1CCCO1)C1CCC2(CC1)CNC(=O)c1ccccc1O2. The lowest BCUT2D eigenvalue weighted by molar-refractivity contribution is -0.134. The zero-order chi connectivity index (χ0) is 19.6. The van der Waals surface area contributed by atoms with Crippen LogP contribution in [0.1, 0.15) is 61.7 Å². The normalized spacial score (nSPS) is 29.5. The smallest absolute Gasteiger partial charge is 0.255 e. The second kappa shape index (κ2) is 8.11. The molecule has 0 unspecified atom stereocenters. The predicted octanol–water partition coefficient (Wildman–Crippen LogP) is 2.91. The van der Waals surface area contributed by atoms with Gasteiger partial charge in [-0.3, -0.25) is 9.59 Å². The van der Waals surface area contributed by atoms with E-state index in [0.29, 0.717) is 24.3 Å². The first kappa shape index (κ1) is 19.2. The third kappa shape index (κ3) is 4.02. The van der Waals surface area contributed by atoms with Gasteiger partial charge in [-0.15, -0.1) is 0 Å². The van der Waals surface area contributed by atoms with Crippen molar-refractivity contribution in [3.63, 3.8) is 0 Å². The van der Waals surface area contributed by atoms with Gasteiger partial charge in [-0.2, -0.15) is 0 Å². The molecule has 2 aliphatic heterocycles. The molecule has 1 saturated heterocycles. The Bertz CT molecular complexity index is 721. The number of hydrogen-bond acceptors (Lipinski definition) is 4. The van der Waals surface area contributed by atoms with Crippen LogP contribution in [0.2, 0.25) is 0 Å². The summed E-state index contributed by atoms with van der Waals surface area (Å²) in [6, 6.07) is 7.66. The van der Waals surface area contributed by atoms with E-state index in [1.165, 1.54) is 0 Å². The van der Waals surface area contributed by atoms with E-state index >= 15 is 0 Å². The molecule has 1 aliphatic carbocycles. The number of nitrogens with one attached hydrogen (secondary N) is 1. The van der Waals surface area contributed by atoms with Crippen molar-refractivity contribution in [1.29, 1.82) is 0 Å². The fraction of sp³-hybridized carbons (Fsp3) is 0.636. The number of carbonyl (C=O) groups is 2. The van der Waals surface area contributed by atoms with Gasteiger partial charge in [0.25, 0.3) is 5.91 Å². The van der Waals surface area contributed by atoms with Gasteiger partial charge >= 0.3 is 0 Å². The monoisotopic (exact) mass is 386 g/mol. The molecule has 0 aromatic heterocycles. The molecular weight excluding hydrogens is 356 g/mol. The Kier molecular flexibility index (Phi) is 5.58. The summed E-state index contributed by atoms with van der Waals surface area (Å²) in [6.45, 7) is 1.35. The first-order valence-corrected chi connectivity index (χ1v) is 10.5. The highest BCUT2D eigenvalue weighted by atomic mass is 16.5. The van der Waals surface area contributed by atoms with E-state index in [0.717, 1.165) is 51.6 Å². The van der Waals surface area contributed by atoms with E-state index in [1.54, 1.807) is 6.07 Å². The summed E-state index contributed by atoms with van der Waals surface area (Å²) < 4.78 is 12.0. The molecule has 6 heteroatoms. The summed E-state index contributed by atoms with van der Waals surface area (Å²) >= 11 is 0. The van der Waals surface area contributed by atoms with E-state index in [2.05, 4.69) is 5.32 Å². The largest absolute Gasteiger partial charge is 0.485 e. The molecule has 1 aromatic carbocycles. The predicted molar refractivity (Wildman–Crippen MR) is 105 cm³/mol. The average Bonchev–Trinajstić information content (AvgIpc) is 3.20. The quantitative estimate of drug-likeness (QED) is 0.864. The zero-order valence-corrected chi connectivity index (χ0v) is 16.6. The van der Waals surface area contributed by atoms with E-state index in [4.69, 9.17) is 9.47 Å². The Hall–Kier alpha value is -2.08. The number of rotatable bonds is 4. The fourth-order valence-corrected chi connectivity index (χ4v) is 4.68. The fourth-order valence-electron chi connectivity index (χ4n) is 4.68. The number of fused-ring (bicyclic) bond motifs is 1. The lowest BCUT2D eigenvalue weighted by atomic mass is 9.81. The number of hydrogen-bond donors (Lipinski definition) is 1. The number of nitrogens with zero attached hydrogens (tertiary/aromatic N) is 1. The molecule has 28 heavy (non-hydrogen) atoms. The minimum Gasteiger partial charge on any atom is -0.485 e. The van der Waals surface area contributed by atoms with Gasteiger partial charge in [-0.25, -0.2) is 0 Å². The van der Waals surface area contributed by atoms with Gasteiger partial charge in [0.2, 0.25) is 5.91 Å². The van der Waals surface area contributed by atoms with Gasteiger partial charge in [0, 0.05) is 26.1 Å². The molecule has 2 fully saturated rings. The van der Waals surface area contributed by atoms with E-state index < -0.39 is 0 Å². The van der Waals surface area contributed by atoms with Crippen molar-refractivity contribution >= 4 is 11.8 Å². The van der Waals surface area contributed by atoms with E-state index in [1.807, 2.05) is 30.1 Å². The Morgan fingerprint density at radius 1 is 1.25 bits per heavy atom. The summed E-state index contributed by atoms with van der Waals surface area (Å²) in [4.78, 5) is 26.9. The second-order valence-electron chi connectivity index (χ2n) is 8.37. The van der Waals surface area contributed by atoms with E-state index in [9.17, 15) is 9.59 Å². The van der Waals surface area contributed by atoms with Gasteiger partial charge in [-0.1, -0.05) is 12.1 Å². The number of amides is 2. The minimum atomic E-state index is -0.375. The van der Waals surface area contributed by atoms with Gasteiger partial charge in [0.15, 0.2) is 0 Å². The Balaban J connectivity index is 1.33. The maximum absolute atomic E-state index is 12.6. The van der Waals surface area contributed by atoms with Crippen molar-refractivity contribution in [2.45, 2.75) is 69.1 Å². The van der Waals surface area contributed by atoms with Crippen molar-refractivity contribution in [3.05, 3.63) is 29.8 Å². The van der Waals surface area contributed by atoms with Crippen LogP contribution in [0.3, 0.4) is 0 Å². The van der Waals surface area contributed by atoms with Crippen molar-refractivity contribution in [3.8, 4) is 5.75 Å². The summed E-state index contributed by atoms with van der Waals surface area (Å²) in [7, 11) is 1.92. The number of benzene rings is 1. The molecule has 1 spiro atoms. The van der Waals surface area contributed by atoms with Crippen molar-refractivity contribution in [2.75, 3.05) is 20.2 Å². The van der Waals surface area contributed by atoms with Gasteiger partial charge in [0.05, 0.1) is 18.2 Å². The first-order valence-electron chi connectivity index (χ1n) is 10.5. The Labute approximate surface area is 166 Å². The number of ether oxygens (including phenoxy) is 2. The number of para-hydroxylation sites is 1. The van der Waals surface area contributed by atoms with Crippen LogP contribution < -0.4 is 10.1 Å². The summed E-state index contributed by atoms with van der Waals surface area (Å²) in [5.74, 6) is 0.796. The Morgan fingerprint density at radius 2 is 2.04 bits per heavy atom. The molecule has 1 aromatic rings. The molecule has 1 saturated carbocycles. The second-order valence-corrected chi connectivity index (χ2v) is 8.37. The van der Waals surface area contributed by atoms with Gasteiger partial charge in [0.1, 0.15) is 11.4 Å². The van der Waals surface area contributed by atoms with Crippen LogP contribution in [-0.4, -0.2) is 54.7 Å². The summed E-state index contributed by atoms with van der Waals surface area (Å²) in [5.41, 5.74) is 0.225. The maximum Gasteiger partial charge on any atom is 0.255 e. The molecule has 0 radical (unpaired) electrons. The van der Waals surface area contributed by atoms with Crippen LogP contribution in [0.5, 0.6) is 5.75 Å². The van der Waals surface area contributed by atoms with Gasteiger partial charge in [-0.05, 0) is 57.1 Å². The molecule has 4 rings (SSSR count). The molecule has 1 atom stereocenters. The zero-order valence-electron chi connectivity index (χ0n) is 16.6. The van der Waals surface area contributed by atoms with Gasteiger partial charge < -0.3 is 19.7 Å². The molecule has 2 heterocycles. The number of carbonyl (C=O) groups excluding carboxylic acids is 2. The molecule has 0 bridgehead atoms. The molecule has 6 nitrogen and oxygen atoms in total. The highest BCUT2D eigenvalue weighted by molar-refractivity contribution is 5.97. The highest BCUT2D eigenvalue weighted by Crippen LogP contribution is 2.37. The van der Waals surface area contributed by atoms with Crippen LogP contribution >= 0.6 is 0 Å². The minimum absolute atomic E-state index is 0.0731. The average molecular weight is 386 g/mol. The summed E-state index contributed by atoms with van der Waals surface area (Å²) in [6.07, 6.45) is 7.27. The lowest BCUT2D eigenvalue weighted by Gasteiger charge is -2.42. The molecular formula is C22H30N2O4. The van der Waals surface area contributed by atoms with Crippen molar-refractivity contribution in [2.24, 2.45) is 0 Å². The molecule has 3 aliphatic rings. The van der Waals surface area contributed by atoms with Crippen LogP contribution in [0.25, 0.3) is 0 Å².